The van der Waals surface area contributed by atoms with Crippen LogP contribution >= 0.6 is 0 Å². The second kappa shape index (κ2) is 9.26. The number of piperidine rings is 1. The Morgan fingerprint density at radius 1 is 1.30 bits per heavy atom. The van der Waals surface area contributed by atoms with Crippen LogP contribution in [0.4, 0.5) is 0 Å². The maximum Gasteiger partial charge on any atom is 0.176 e. The molecule has 0 aromatic heterocycles. The first kappa shape index (κ1) is 20.4. The summed E-state index contributed by atoms with van der Waals surface area (Å²) in [5.74, 6) is 5.35. The molecule has 0 radical (unpaired) electrons. The number of nitrogens with one attached hydrogen (secondary N) is 2. The summed E-state index contributed by atoms with van der Waals surface area (Å²) >= 11 is 0. The van der Waals surface area contributed by atoms with Crippen molar-refractivity contribution in [2.45, 2.75) is 31.2 Å². The molecule has 1 aromatic carbocycles. The molecular weight excluding hydrogens is 376 g/mol. The second-order valence-corrected chi connectivity index (χ2v) is 7.92. The molecular formula is C23H28N6O. The summed E-state index contributed by atoms with van der Waals surface area (Å²) in [6, 6.07) is 12.7. The summed E-state index contributed by atoms with van der Waals surface area (Å²) in [6.45, 7) is 2.36. The Kier molecular flexibility index (Phi) is 6.29. The van der Waals surface area contributed by atoms with Crippen LogP contribution in [0.15, 0.2) is 71.5 Å². The Balaban J connectivity index is 1.43. The van der Waals surface area contributed by atoms with Crippen molar-refractivity contribution in [3.63, 3.8) is 0 Å². The number of dihydropyridines is 1. The Hall–Kier alpha value is -2.92. The fourth-order valence-electron chi connectivity index (χ4n) is 4.25. The number of nitrogens with two attached hydrogens (primary N) is 1. The second-order valence-electron chi connectivity index (χ2n) is 7.92. The van der Waals surface area contributed by atoms with Crippen LogP contribution in [0.3, 0.4) is 0 Å². The van der Waals surface area contributed by atoms with Gasteiger partial charge in [-0.1, -0.05) is 42.5 Å². The number of rotatable bonds is 6. The third-order valence-electron chi connectivity index (χ3n) is 6.02. The van der Waals surface area contributed by atoms with E-state index in [0.29, 0.717) is 0 Å². The molecule has 4 N–H and O–H groups in total. The molecule has 2 atom stereocenters. The number of likely N-dealkylation sites (tertiary alicyclic amines) is 1. The van der Waals surface area contributed by atoms with Gasteiger partial charge < -0.3 is 10.6 Å². The van der Waals surface area contributed by atoms with Gasteiger partial charge in [-0.05, 0) is 30.6 Å². The quantitative estimate of drug-likeness (QED) is 0.627. The molecule has 4 rings (SSSR count). The first-order valence-electron chi connectivity index (χ1n) is 10.4. The molecule has 3 aliphatic heterocycles. The van der Waals surface area contributed by atoms with Crippen molar-refractivity contribution in [3.8, 4) is 6.07 Å². The Bertz CT molecular complexity index is 890. The average Bonchev–Trinajstić information content (AvgIpc) is 2.82. The Morgan fingerprint density at radius 3 is 2.77 bits per heavy atom. The molecule has 156 valence electrons. The van der Waals surface area contributed by atoms with Gasteiger partial charge in [0.1, 0.15) is 5.92 Å². The van der Waals surface area contributed by atoms with Crippen molar-refractivity contribution in [3.05, 3.63) is 72.1 Å². The van der Waals surface area contributed by atoms with Gasteiger partial charge in [0.2, 0.25) is 0 Å². The van der Waals surface area contributed by atoms with Crippen LogP contribution in [-0.4, -0.2) is 42.1 Å². The molecule has 0 amide bonds. The zero-order valence-electron chi connectivity index (χ0n) is 17.0. The van der Waals surface area contributed by atoms with Crippen LogP contribution in [0.5, 0.6) is 0 Å². The summed E-state index contributed by atoms with van der Waals surface area (Å²) in [5.41, 5.74) is 2.54. The van der Waals surface area contributed by atoms with E-state index in [1.807, 2.05) is 48.7 Å². The molecule has 30 heavy (non-hydrogen) atoms. The minimum atomic E-state index is -0.398. The van der Waals surface area contributed by atoms with Crippen molar-refractivity contribution < 1.29 is 4.84 Å². The summed E-state index contributed by atoms with van der Waals surface area (Å²) in [7, 11) is 0. The first-order chi connectivity index (χ1) is 14.7. The molecule has 3 aliphatic rings. The number of benzene rings is 1. The third kappa shape index (κ3) is 4.46. The molecule has 0 aliphatic carbocycles. The minimum Gasteiger partial charge on any atom is -0.383 e. The fourth-order valence-corrected chi connectivity index (χ4v) is 4.25. The average molecular weight is 405 g/mol. The van der Waals surface area contributed by atoms with Gasteiger partial charge in [-0.25, -0.2) is 10.9 Å². The van der Waals surface area contributed by atoms with Crippen LogP contribution < -0.4 is 16.5 Å². The maximum atomic E-state index is 9.73. The summed E-state index contributed by atoms with van der Waals surface area (Å²) in [4.78, 5) is 12.6. The summed E-state index contributed by atoms with van der Waals surface area (Å²) in [6.07, 6.45) is 12.0. The minimum absolute atomic E-state index is 0.187. The summed E-state index contributed by atoms with van der Waals surface area (Å²) in [5, 5.41) is 16.3. The molecule has 0 spiro atoms. The lowest BCUT2D eigenvalue weighted by Gasteiger charge is -2.42. The van der Waals surface area contributed by atoms with Crippen molar-refractivity contribution in [1.29, 1.82) is 5.26 Å². The van der Waals surface area contributed by atoms with Crippen LogP contribution in [0.2, 0.25) is 0 Å². The zero-order valence-corrected chi connectivity index (χ0v) is 17.0. The third-order valence-corrected chi connectivity index (χ3v) is 6.02. The van der Waals surface area contributed by atoms with Gasteiger partial charge in [0.15, 0.2) is 6.29 Å². The standard InChI is InChI=1S/C23H28N6O/c24-17-19(20-8-4-5-12-26-20)21-9-13-27-22(28-21)29-14-10-23(30-25,11-15-29)16-18-6-2-1-3-7-18/h1-9,13,19,22,26-27H,10-12,14-16,25H2. The predicted octanol–water partition coefficient (Wildman–Crippen LogP) is 1.98. The molecule has 1 saturated heterocycles. The van der Waals surface area contributed by atoms with Crippen molar-refractivity contribution in [2.24, 2.45) is 16.8 Å². The van der Waals surface area contributed by atoms with Gasteiger partial charge in [-0.15, -0.1) is 0 Å². The first-order valence-corrected chi connectivity index (χ1v) is 10.4. The van der Waals surface area contributed by atoms with E-state index in [2.05, 4.69) is 33.7 Å². The van der Waals surface area contributed by atoms with Crippen LogP contribution in [0.1, 0.15) is 18.4 Å². The number of aliphatic imine (C=N–C) groups is 1. The highest BCUT2D eigenvalue weighted by atomic mass is 16.6. The predicted molar refractivity (Wildman–Crippen MR) is 117 cm³/mol. The lowest BCUT2D eigenvalue weighted by atomic mass is 9.85. The Morgan fingerprint density at radius 2 is 2.10 bits per heavy atom. The van der Waals surface area contributed by atoms with E-state index < -0.39 is 5.92 Å². The number of hydrogen-bond acceptors (Lipinski definition) is 7. The van der Waals surface area contributed by atoms with Gasteiger partial charge in [0.25, 0.3) is 0 Å². The lowest BCUT2D eigenvalue weighted by molar-refractivity contribution is -0.0920. The highest BCUT2D eigenvalue weighted by Crippen LogP contribution is 2.30. The molecule has 7 nitrogen and oxygen atoms in total. The van der Waals surface area contributed by atoms with E-state index in [-0.39, 0.29) is 11.9 Å². The largest absolute Gasteiger partial charge is 0.383 e. The number of hydrogen-bond donors (Lipinski definition) is 3. The van der Waals surface area contributed by atoms with E-state index in [0.717, 1.165) is 50.3 Å². The van der Waals surface area contributed by atoms with Crippen molar-refractivity contribution in [2.75, 3.05) is 19.6 Å². The molecule has 3 heterocycles. The lowest BCUT2D eigenvalue weighted by Crippen LogP contribution is -2.54. The molecule has 0 bridgehead atoms. The highest BCUT2D eigenvalue weighted by molar-refractivity contribution is 6.00. The van der Waals surface area contributed by atoms with Gasteiger partial charge in [-0.3, -0.25) is 9.74 Å². The molecule has 1 fully saturated rings. The Labute approximate surface area is 177 Å². The van der Waals surface area contributed by atoms with Crippen molar-refractivity contribution >= 4 is 5.71 Å². The van der Waals surface area contributed by atoms with Gasteiger partial charge in [0.05, 0.1) is 17.4 Å². The SMILES string of the molecule is N#CC(C1=CC=CCN1)C1=NC(N2CCC(Cc3ccccc3)(ON)CC2)NC=C1. The molecule has 0 saturated carbocycles. The highest BCUT2D eigenvalue weighted by Gasteiger charge is 2.38. The summed E-state index contributed by atoms with van der Waals surface area (Å²) < 4.78 is 0. The monoisotopic (exact) mass is 404 g/mol. The van der Waals surface area contributed by atoms with Gasteiger partial charge in [-0.2, -0.15) is 5.26 Å². The fraction of sp³-hybridized carbons (Fsp3) is 0.391. The topological polar surface area (TPSA) is 98.7 Å². The van der Waals surface area contributed by atoms with Crippen molar-refractivity contribution in [1.82, 2.24) is 15.5 Å². The van der Waals surface area contributed by atoms with Crippen LogP contribution in [-0.2, 0) is 11.3 Å². The van der Waals surface area contributed by atoms with E-state index in [4.69, 9.17) is 15.7 Å². The molecule has 1 aromatic rings. The van der Waals surface area contributed by atoms with Crippen LogP contribution in [0, 0.1) is 17.2 Å². The number of nitrogens with zero attached hydrogens (tertiary/aromatic N) is 3. The maximum absolute atomic E-state index is 9.73. The van der Waals surface area contributed by atoms with E-state index in [1.165, 1.54) is 5.56 Å². The van der Waals surface area contributed by atoms with Gasteiger partial charge >= 0.3 is 0 Å². The van der Waals surface area contributed by atoms with Gasteiger partial charge in [0, 0.05) is 38.0 Å². The number of nitriles is 1. The van der Waals surface area contributed by atoms with E-state index >= 15 is 0 Å². The smallest absolute Gasteiger partial charge is 0.176 e. The van der Waals surface area contributed by atoms with E-state index in [9.17, 15) is 5.26 Å². The molecule has 7 heteroatoms. The van der Waals surface area contributed by atoms with Crippen LogP contribution in [0.25, 0.3) is 0 Å². The normalized spacial score (nSPS) is 24.1. The molecule has 2 unspecified atom stereocenters. The number of allylic oxidation sites excluding steroid dienone is 4. The van der Waals surface area contributed by atoms with E-state index in [1.54, 1.807) is 0 Å². The zero-order chi connectivity index (χ0) is 20.8.